The van der Waals surface area contributed by atoms with Crippen molar-refractivity contribution in [3.63, 3.8) is 0 Å². The molecule has 0 saturated carbocycles. The maximum absolute atomic E-state index is 9.02. The van der Waals surface area contributed by atoms with Crippen LogP contribution in [0.15, 0.2) is 18.2 Å². The monoisotopic (exact) mass is 268 g/mol. The number of aliphatic hydroxyl groups excluding tert-OH is 1. The van der Waals surface area contributed by atoms with E-state index >= 15 is 0 Å². The van der Waals surface area contributed by atoms with E-state index in [1.807, 2.05) is 37.1 Å². The van der Waals surface area contributed by atoms with Crippen LogP contribution in [0.25, 0.3) is 0 Å². The van der Waals surface area contributed by atoms with Gasteiger partial charge in [0.2, 0.25) is 0 Å². The van der Waals surface area contributed by atoms with Crippen LogP contribution in [0.4, 0.5) is 0 Å². The fourth-order valence-electron chi connectivity index (χ4n) is 2.05. The smallest absolute Gasteiger partial charge is 0.161 e. The molecule has 0 aliphatic heterocycles. The minimum atomic E-state index is 0.0525. The topological polar surface area (TPSA) is 68.0 Å². The third-order valence-corrected chi connectivity index (χ3v) is 3.08. The van der Waals surface area contributed by atoms with E-state index in [0.717, 1.165) is 11.3 Å². The molecule has 1 aromatic rings. The van der Waals surface area contributed by atoms with E-state index in [-0.39, 0.29) is 12.6 Å². The lowest BCUT2D eigenvalue weighted by Gasteiger charge is -2.27. The van der Waals surface area contributed by atoms with Crippen LogP contribution in [-0.2, 0) is 0 Å². The molecule has 108 valence electrons. The van der Waals surface area contributed by atoms with Crippen LogP contribution in [0.3, 0.4) is 0 Å². The number of hydrogen-bond donors (Lipinski definition) is 2. The summed E-state index contributed by atoms with van der Waals surface area (Å²) in [7, 11) is 3.56. The van der Waals surface area contributed by atoms with Crippen LogP contribution in [0, 0.1) is 0 Å². The Balaban J connectivity index is 2.98. The van der Waals surface area contributed by atoms with Gasteiger partial charge in [0.15, 0.2) is 11.5 Å². The van der Waals surface area contributed by atoms with Gasteiger partial charge in [0.1, 0.15) is 0 Å². The van der Waals surface area contributed by atoms with Crippen molar-refractivity contribution in [3.05, 3.63) is 23.8 Å². The fraction of sp³-hybridized carbons (Fsp3) is 0.571. The molecule has 0 radical (unpaired) electrons. The number of ether oxygens (including phenoxy) is 2. The molecular formula is C14H24N2O3. The number of nitrogens with two attached hydrogens (primary N) is 1. The molecule has 0 aromatic heterocycles. The minimum absolute atomic E-state index is 0.0525. The second-order valence-electron chi connectivity index (χ2n) is 4.30. The highest BCUT2D eigenvalue weighted by molar-refractivity contribution is 5.44. The zero-order chi connectivity index (χ0) is 14.3. The zero-order valence-corrected chi connectivity index (χ0v) is 11.9. The Morgan fingerprint density at radius 1 is 1.37 bits per heavy atom. The van der Waals surface area contributed by atoms with E-state index < -0.39 is 0 Å². The predicted molar refractivity (Wildman–Crippen MR) is 75.7 cm³/mol. The third-order valence-electron chi connectivity index (χ3n) is 3.08. The average Bonchev–Trinajstić information content (AvgIpc) is 2.41. The Kier molecular flexibility index (Phi) is 6.62. The van der Waals surface area contributed by atoms with E-state index in [4.69, 9.17) is 20.3 Å². The molecule has 19 heavy (non-hydrogen) atoms. The van der Waals surface area contributed by atoms with Gasteiger partial charge in [-0.05, 0) is 31.7 Å². The summed E-state index contributed by atoms with van der Waals surface area (Å²) >= 11 is 0. The highest BCUT2D eigenvalue weighted by Gasteiger charge is 2.17. The molecule has 0 amide bonds. The van der Waals surface area contributed by atoms with E-state index in [1.54, 1.807) is 7.11 Å². The molecule has 1 atom stereocenters. The van der Waals surface area contributed by atoms with Crippen molar-refractivity contribution >= 4 is 0 Å². The van der Waals surface area contributed by atoms with Gasteiger partial charge in [0.25, 0.3) is 0 Å². The SMILES string of the molecule is CCOc1ccc(C(CN)N(C)CCO)cc1OC. The minimum Gasteiger partial charge on any atom is -0.493 e. The van der Waals surface area contributed by atoms with E-state index in [2.05, 4.69) is 0 Å². The lowest BCUT2D eigenvalue weighted by Crippen LogP contribution is -2.32. The van der Waals surface area contributed by atoms with Crippen molar-refractivity contribution in [1.29, 1.82) is 0 Å². The Labute approximate surface area is 114 Å². The van der Waals surface area contributed by atoms with Gasteiger partial charge in [-0.3, -0.25) is 4.90 Å². The van der Waals surface area contributed by atoms with Crippen molar-refractivity contribution in [2.75, 3.05) is 40.5 Å². The Morgan fingerprint density at radius 2 is 2.11 bits per heavy atom. The van der Waals surface area contributed by atoms with Crippen molar-refractivity contribution in [2.45, 2.75) is 13.0 Å². The second-order valence-corrected chi connectivity index (χ2v) is 4.30. The average molecular weight is 268 g/mol. The fourth-order valence-corrected chi connectivity index (χ4v) is 2.05. The summed E-state index contributed by atoms with van der Waals surface area (Å²) in [6, 6.07) is 5.87. The maximum atomic E-state index is 9.02. The highest BCUT2D eigenvalue weighted by Crippen LogP contribution is 2.31. The zero-order valence-electron chi connectivity index (χ0n) is 11.9. The molecule has 0 aliphatic carbocycles. The molecule has 1 rings (SSSR count). The first-order chi connectivity index (χ1) is 9.17. The standard InChI is InChI=1S/C14H24N2O3/c1-4-19-13-6-5-11(9-14(13)18-3)12(10-15)16(2)7-8-17/h5-6,9,12,17H,4,7-8,10,15H2,1-3H3. The number of likely N-dealkylation sites (N-methyl/N-ethyl adjacent to an activating group) is 1. The molecule has 5 heteroatoms. The molecule has 1 unspecified atom stereocenters. The number of aliphatic hydroxyl groups is 1. The lowest BCUT2D eigenvalue weighted by molar-refractivity contribution is 0.183. The van der Waals surface area contributed by atoms with E-state index in [0.29, 0.717) is 25.4 Å². The normalized spacial score (nSPS) is 12.5. The first kappa shape index (κ1) is 15.8. The summed E-state index contributed by atoms with van der Waals surface area (Å²) in [6.45, 7) is 3.71. The van der Waals surface area contributed by atoms with Crippen LogP contribution in [0.1, 0.15) is 18.5 Å². The van der Waals surface area contributed by atoms with Crippen LogP contribution in [0.5, 0.6) is 11.5 Å². The molecular weight excluding hydrogens is 244 g/mol. The summed E-state index contributed by atoms with van der Waals surface area (Å²) in [6.07, 6.45) is 0. The van der Waals surface area contributed by atoms with Gasteiger partial charge in [-0.25, -0.2) is 0 Å². The highest BCUT2D eigenvalue weighted by atomic mass is 16.5. The number of nitrogens with zero attached hydrogens (tertiary/aromatic N) is 1. The summed E-state index contributed by atoms with van der Waals surface area (Å²) in [5.41, 5.74) is 6.88. The van der Waals surface area contributed by atoms with Gasteiger partial charge in [0.05, 0.1) is 20.3 Å². The second kappa shape index (κ2) is 7.99. The molecule has 3 N–H and O–H groups in total. The number of hydrogen-bond acceptors (Lipinski definition) is 5. The predicted octanol–water partition coefficient (Wildman–Crippen LogP) is 1.02. The summed E-state index contributed by atoms with van der Waals surface area (Å²) in [4.78, 5) is 2.02. The van der Waals surface area contributed by atoms with Crippen molar-refractivity contribution in [2.24, 2.45) is 5.73 Å². The quantitative estimate of drug-likeness (QED) is 0.736. The van der Waals surface area contributed by atoms with Gasteiger partial charge in [-0.15, -0.1) is 0 Å². The molecule has 1 aromatic carbocycles. The molecule has 0 aliphatic rings. The maximum Gasteiger partial charge on any atom is 0.161 e. The molecule has 0 fully saturated rings. The van der Waals surface area contributed by atoms with Gasteiger partial charge in [-0.1, -0.05) is 6.07 Å². The molecule has 0 heterocycles. The molecule has 0 saturated heterocycles. The van der Waals surface area contributed by atoms with Crippen LogP contribution in [-0.4, -0.2) is 50.5 Å². The van der Waals surface area contributed by atoms with Crippen molar-refractivity contribution in [1.82, 2.24) is 4.90 Å². The van der Waals surface area contributed by atoms with E-state index in [9.17, 15) is 0 Å². The van der Waals surface area contributed by atoms with Gasteiger partial charge < -0.3 is 20.3 Å². The van der Waals surface area contributed by atoms with Crippen LogP contribution >= 0.6 is 0 Å². The van der Waals surface area contributed by atoms with Crippen molar-refractivity contribution in [3.8, 4) is 11.5 Å². The summed E-state index contributed by atoms with van der Waals surface area (Å²) in [5.74, 6) is 1.43. The molecule has 0 spiro atoms. The lowest BCUT2D eigenvalue weighted by atomic mass is 10.0. The largest absolute Gasteiger partial charge is 0.493 e. The van der Waals surface area contributed by atoms with Gasteiger partial charge in [-0.2, -0.15) is 0 Å². The number of methoxy groups -OCH3 is 1. The van der Waals surface area contributed by atoms with Crippen LogP contribution in [0.2, 0.25) is 0 Å². The Hall–Kier alpha value is -1.30. The first-order valence-electron chi connectivity index (χ1n) is 6.49. The summed E-state index contributed by atoms with van der Waals surface area (Å²) in [5, 5.41) is 9.02. The van der Waals surface area contributed by atoms with E-state index in [1.165, 1.54) is 0 Å². The third kappa shape index (κ3) is 4.09. The van der Waals surface area contributed by atoms with Crippen molar-refractivity contribution < 1.29 is 14.6 Å². The number of rotatable bonds is 8. The van der Waals surface area contributed by atoms with Gasteiger partial charge in [0, 0.05) is 19.1 Å². The molecule has 5 nitrogen and oxygen atoms in total. The van der Waals surface area contributed by atoms with Crippen LogP contribution < -0.4 is 15.2 Å². The first-order valence-corrected chi connectivity index (χ1v) is 6.49. The van der Waals surface area contributed by atoms with Gasteiger partial charge >= 0.3 is 0 Å². The number of benzene rings is 1. The Bertz CT molecular complexity index is 385. The Morgan fingerprint density at radius 3 is 2.63 bits per heavy atom. The summed E-state index contributed by atoms with van der Waals surface area (Å²) < 4.78 is 10.8. The molecule has 0 bridgehead atoms.